The lowest BCUT2D eigenvalue weighted by Gasteiger charge is -2.41. The summed E-state index contributed by atoms with van der Waals surface area (Å²) in [5, 5.41) is 9.62. The summed E-state index contributed by atoms with van der Waals surface area (Å²) in [5.74, 6) is 0.873. The fraction of sp³-hybridized carbons (Fsp3) is 0.882. The number of carbonyl (C=O) groups excluding carboxylic acids is 1. The van der Waals surface area contributed by atoms with Crippen molar-refractivity contribution in [2.45, 2.75) is 60.3 Å². The van der Waals surface area contributed by atoms with Crippen LogP contribution >= 0.6 is 0 Å². The molecule has 5 nitrogen and oxygen atoms in total. The molecule has 3 N–H and O–H groups in total. The zero-order chi connectivity index (χ0) is 16.6. The van der Waals surface area contributed by atoms with Gasteiger partial charge in [-0.05, 0) is 52.4 Å². The molecule has 0 heterocycles. The van der Waals surface area contributed by atoms with E-state index >= 15 is 0 Å². The van der Waals surface area contributed by atoms with E-state index < -0.39 is 5.41 Å². The van der Waals surface area contributed by atoms with Gasteiger partial charge in [-0.3, -0.25) is 9.79 Å². The van der Waals surface area contributed by atoms with Gasteiger partial charge < -0.3 is 16.0 Å². The zero-order valence-corrected chi connectivity index (χ0v) is 15.0. The van der Waals surface area contributed by atoms with Crippen molar-refractivity contribution < 1.29 is 4.79 Å². The Morgan fingerprint density at radius 2 is 1.73 bits per heavy atom. The first-order valence-electron chi connectivity index (χ1n) is 8.69. The van der Waals surface area contributed by atoms with E-state index in [1.165, 1.54) is 25.7 Å². The average molecular weight is 310 g/mol. The molecule has 22 heavy (non-hydrogen) atoms. The summed E-state index contributed by atoms with van der Waals surface area (Å²) in [6.45, 7) is 13.1. The number of rotatable bonds is 8. The third kappa shape index (κ3) is 5.18. The van der Waals surface area contributed by atoms with Crippen LogP contribution in [0.15, 0.2) is 4.99 Å². The van der Waals surface area contributed by atoms with Crippen molar-refractivity contribution in [2.24, 2.45) is 15.8 Å². The van der Waals surface area contributed by atoms with E-state index in [0.29, 0.717) is 18.5 Å². The number of nitrogens with one attached hydrogen (secondary N) is 3. The Kier molecular flexibility index (Phi) is 7.17. The van der Waals surface area contributed by atoms with Gasteiger partial charge in [0, 0.05) is 19.6 Å². The highest BCUT2D eigenvalue weighted by atomic mass is 16.2. The second-order valence-electron chi connectivity index (χ2n) is 7.00. The first-order chi connectivity index (χ1) is 10.4. The van der Waals surface area contributed by atoms with Gasteiger partial charge in [0.2, 0.25) is 5.91 Å². The highest BCUT2D eigenvalue weighted by Crippen LogP contribution is 2.42. The van der Waals surface area contributed by atoms with Gasteiger partial charge in [0.15, 0.2) is 5.96 Å². The molecule has 0 aromatic heterocycles. The quantitative estimate of drug-likeness (QED) is 0.476. The largest absolute Gasteiger partial charge is 0.357 e. The molecular weight excluding hydrogens is 276 g/mol. The van der Waals surface area contributed by atoms with Crippen molar-refractivity contribution in [2.75, 3.05) is 26.2 Å². The van der Waals surface area contributed by atoms with Gasteiger partial charge in [0.25, 0.3) is 0 Å². The summed E-state index contributed by atoms with van der Waals surface area (Å²) in [7, 11) is 0. The van der Waals surface area contributed by atoms with E-state index in [9.17, 15) is 4.79 Å². The molecule has 0 bridgehead atoms. The third-order valence-electron chi connectivity index (χ3n) is 4.72. The Labute approximate surface area is 135 Å². The van der Waals surface area contributed by atoms with Gasteiger partial charge in [-0.2, -0.15) is 0 Å². The van der Waals surface area contributed by atoms with Crippen LogP contribution in [0, 0.1) is 10.8 Å². The van der Waals surface area contributed by atoms with Crippen LogP contribution in [0.5, 0.6) is 0 Å². The number of carbonyl (C=O) groups is 1. The molecule has 1 aliphatic carbocycles. The number of amides is 1. The van der Waals surface area contributed by atoms with Crippen molar-refractivity contribution in [3.8, 4) is 0 Å². The molecule has 1 aliphatic rings. The van der Waals surface area contributed by atoms with Crippen molar-refractivity contribution in [3.63, 3.8) is 0 Å². The molecule has 128 valence electrons. The van der Waals surface area contributed by atoms with E-state index in [0.717, 1.165) is 19.0 Å². The highest BCUT2D eigenvalue weighted by Gasteiger charge is 2.35. The summed E-state index contributed by atoms with van der Waals surface area (Å²) in [4.78, 5) is 16.7. The summed E-state index contributed by atoms with van der Waals surface area (Å²) in [6, 6.07) is 0. The van der Waals surface area contributed by atoms with E-state index in [1.807, 2.05) is 20.8 Å². The molecule has 0 aromatic rings. The fourth-order valence-electron chi connectivity index (χ4n) is 2.69. The van der Waals surface area contributed by atoms with Crippen LogP contribution in [0.2, 0.25) is 0 Å². The van der Waals surface area contributed by atoms with Crippen molar-refractivity contribution in [1.29, 1.82) is 0 Å². The van der Waals surface area contributed by atoms with E-state index in [4.69, 9.17) is 0 Å². The molecule has 0 atom stereocenters. The second kappa shape index (κ2) is 8.39. The first-order valence-corrected chi connectivity index (χ1v) is 8.69. The minimum absolute atomic E-state index is 0.0543. The van der Waals surface area contributed by atoms with Gasteiger partial charge in [-0.25, -0.2) is 0 Å². The predicted octanol–water partition coefficient (Wildman–Crippen LogP) is 2.28. The molecule has 0 aromatic carbocycles. The Bertz CT molecular complexity index is 381. The maximum absolute atomic E-state index is 12.0. The molecule has 1 saturated carbocycles. The highest BCUT2D eigenvalue weighted by molar-refractivity contribution is 5.83. The lowest BCUT2D eigenvalue weighted by molar-refractivity contribution is -0.128. The first kappa shape index (κ1) is 18.8. The molecule has 0 saturated heterocycles. The molecule has 1 amide bonds. The molecule has 1 fully saturated rings. The minimum Gasteiger partial charge on any atom is -0.357 e. The van der Waals surface area contributed by atoms with Crippen LogP contribution in [-0.2, 0) is 4.79 Å². The Morgan fingerprint density at radius 3 is 2.18 bits per heavy atom. The van der Waals surface area contributed by atoms with Gasteiger partial charge in [0.05, 0.1) is 12.0 Å². The molecule has 0 aliphatic heterocycles. The summed E-state index contributed by atoms with van der Waals surface area (Å²) in [5.41, 5.74) is -0.0391. The van der Waals surface area contributed by atoms with E-state index in [-0.39, 0.29) is 5.91 Å². The van der Waals surface area contributed by atoms with Crippen molar-refractivity contribution >= 4 is 11.9 Å². The zero-order valence-electron chi connectivity index (χ0n) is 15.0. The molecular formula is C17H34N4O. The van der Waals surface area contributed by atoms with Crippen LogP contribution in [-0.4, -0.2) is 38.0 Å². The van der Waals surface area contributed by atoms with Gasteiger partial charge in [0.1, 0.15) is 0 Å². The lowest BCUT2D eigenvalue weighted by atomic mass is 9.67. The number of hydrogen-bond acceptors (Lipinski definition) is 2. The summed E-state index contributed by atoms with van der Waals surface area (Å²) >= 11 is 0. The molecule has 5 heteroatoms. The van der Waals surface area contributed by atoms with Crippen molar-refractivity contribution in [3.05, 3.63) is 0 Å². The predicted molar refractivity (Wildman–Crippen MR) is 93.0 cm³/mol. The maximum atomic E-state index is 12.0. The number of hydrogen-bond donors (Lipinski definition) is 3. The topological polar surface area (TPSA) is 65.5 Å². The molecule has 0 unspecified atom stereocenters. The number of guanidine groups is 1. The van der Waals surface area contributed by atoms with Crippen LogP contribution in [0.1, 0.15) is 60.3 Å². The van der Waals surface area contributed by atoms with Gasteiger partial charge in [-0.15, -0.1) is 0 Å². The Hall–Kier alpha value is -1.26. The van der Waals surface area contributed by atoms with E-state index in [1.54, 1.807) is 0 Å². The summed E-state index contributed by atoms with van der Waals surface area (Å²) in [6.07, 6.45) is 5.16. The third-order valence-corrected chi connectivity index (χ3v) is 4.72. The van der Waals surface area contributed by atoms with Crippen LogP contribution in [0.25, 0.3) is 0 Å². The minimum atomic E-state index is -0.489. The molecule has 1 rings (SSSR count). The van der Waals surface area contributed by atoms with Gasteiger partial charge >= 0.3 is 0 Å². The fourth-order valence-corrected chi connectivity index (χ4v) is 2.69. The average Bonchev–Trinajstić information content (AvgIpc) is 2.44. The lowest BCUT2D eigenvalue weighted by Crippen LogP contribution is -2.47. The molecule has 0 radical (unpaired) electrons. The molecule has 0 spiro atoms. The van der Waals surface area contributed by atoms with Crippen molar-refractivity contribution in [1.82, 2.24) is 16.0 Å². The number of nitrogens with zero attached hydrogens (tertiary/aromatic N) is 1. The maximum Gasteiger partial charge on any atom is 0.227 e. The summed E-state index contributed by atoms with van der Waals surface area (Å²) < 4.78 is 0. The normalized spacial score (nSPS) is 17.6. The van der Waals surface area contributed by atoms with Gasteiger partial charge in [-0.1, -0.05) is 13.3 Å². The Balaban J connectivity index is 2.59. The van der Waals surface area contributed by atoms with E-state index in [2.05, 4.69) is 34.8 Å². The monoisotopic (exact) mass is 310 g/mol. The van der Waals surface area contributed by atoms with Crippen LogP contribution < -0.4 is 16.0 Å². The standard InChI is InChI=1S/C17H34N4O/c1-6-17(10-9-11-17)13-21-15(19-8-3)20-12-16(4,5)14(22)18-7-2/h6-13H2,1-5H3,(H,18,22)(H2,19,20,21). The smallest absolute Gasteiger partial charge is 0.227 e. The Morgan fingerprint density at radius 1 is 1.09 bits per heavy atom. The van der Waals surface area contributed by atoms with Crippen LogP contribution in [0.4, 0.5) is 0 Å². The SMILES string of the molecule is CCNC(=O)C(C)(C)CN=C(NCC)NCC1(CC)CCC1. The van der Waals surface area contributed by atoms with Crippen LogP contribution in [0.3, 0.4) is 0 Å². The second-order valence-corrected chi connectivity index (χ2v) is 7.00. The number of aliphatic imine (C=N–C) groups is 1.